The molecule has 130 valence electrons. The van der Waals surface area contributed by atoms with E-state index in [9.17, 15) is 0 Å². The summed E-state index contributed by atoms with van der Waals surface area (Å²) >= 11 is 0. The maximum atomic E-state index is 5.63. The third-order valence-corrected chi connectivity index (χ3v) is 4.70. The van der Waals surface area contributed by atoms with Crippen LogP contribution in [-0.4, -0.2) is 43.8 Å². The van der Waals surface area contributed by atoms with E-state index < -0.39 is 0 Å². The maximum absolute atomic E-state index is 5.63. The number of nitrogens with zero attached hydrogens (tertiary/aromatic N) is 1. The van der Waals surface area contributed by atoms with E-state index in [0.29, 0.717) is 6.10 Å². The molecule has 1 fully saturated rings. The van der Waals surface area contributed by atoms with E-state index in [2.05, 4.69) is 51.9 Å². The van der Waals surface area contributed by atoms with Gasteiger partial charge < -0.3 is 20.4 Å². The molecule has 1 aromatic carbocycles. The van der Waals surface area contributed by atoms with Crippen LogP contribution < -0.4 is 10.6 Å². The van der Waals surface area contributed by atoms with Crippen molar-refractivity contribution in [3.8, 4) is 0 Å². The highest BCUT2D eigenvalue weighted by Crippen LogP contribution is 2.22. The van der Waals surface area contributed by atoms with Crippen molar-refractivity contribution < 1.29 is 4.74 Å². The highest BCUT2D eigenvalue weighted by molar-refractivity contribution is 5.86. The normalized spacial score (nSPS) is 18.2. The molecular weight excluding hydrogens is 300 g/mol. The third kappa shape index (κ3) is 3.90. The molecule has 1 aromatic heterocycles. The first-order valence-electron chi connectivity index (χ1n) is 8.95. The van der Waals surface area contributed by atoms with Crippen molar-refractivity contribution in [3.63, 3.8) is 0 Å². The van der Waals surface area contributed by atoms with Crippen LogP contribution in [0.2, 0.25) is 0 Å². The van der Waals surface area contributed by atoms with Crippen LogP contribution in [0.25, 0.3) is 10.9 Å². The van der Waals surface area contributed by atoms with Gasteiger partial charge in [-0.05, 0) is 36.8 Å². The quantitative estimate of drug-likeness (QED) is 0.564. The van der Waals surface area contributed by atoms with Crippen LogP contribution in [0.1, 0.15) is 30.9 Å². The van der Waals surface area contributed by atoms with Gasteiger partial charge in [0, 0.05) is 43.8 Å². The SMILES string of the molecule is CCc1cccc2c(CCNC(=NC)NCC3CCCO3)c[nH]c12. The first-order valence-corrected chi connectivity index (χ1v) is 8.95. The second-order valence-electron chi connectivity index (χ2n) is 6.27. The first-order chi connectivity index (χ1) is 11.8. The Balaban J connectivity index is 1.52. The summed E-state index contributed by atoms with van der Waals surface area (Å²) in [6.45, 7) is 4.76. The van der Waals surface area contributed by atoms with Crippen molar-refractivity contribution >= 4 is 16.9 Å². The van der Waals surface area contributed by atoms with Crippen LogP contribution >= 0.6 is 0 Å². The van der Waals surface area contributed by atoms with E-state index in [4.69, 9.17) is 4.74 Å². The van der Waals surface area contributed by atoms with Crippen LogP contribution in [0.15, 0.2) is 29.4 Å². The molecule has 5 heteroatoms. The Hall–Kier alpha value is -2.01. The number of aliphatic imine (C=N–C) groups is 1. The standard InChI is InChI=1S/C19H28N4O/c1-3-14-6-4-8-17-15(12-22-18(14)17)9-10-21-19(20-2)23-13-16-7-5-11-24-16/h4,6,8,12,16,22H,3,5,7,9-11,13H2,1-2H3,(H2,20,21,23). The van der Waals surface area contributed by atoms with Crippen molar-refractivity contribution in [3.05, 3.63) is 35.5 Å². The minimum Gasteiger partial charge on any atom is -0.376 e. The number of hydrogen-bond donors (Lipinski definition) is 3. The smallest absolute Gasteiger partial charge is 0.191 e. The second kappa shape index (κ2) is 8.20. The maximum Gasteiger partial charge on any atom is 0.191 e. The Morgan fingerprint density at radius 1 is 1.33 bits per heavy atom. The number of ether oxygens (including phenoxy) is 1. The molecule has 2 heterocycles. The number of fused-ring (bicyclic) bond motifs is 1. The molecule has 1 aliphatic heterocycles. The van der Waals surface area contributed by atoms with E-state index in [1.54, 1.807) is 0 Å². The Labute approximate surface area is 143 Å². The molecule has 3 N–H and O–H groups in total. The van der Waals surface area contributed by atoms with E-state index in [1.165, 1.54) is 28.5 Å². The highest BCUT2D eigenvalue weighted by Gasteiger charge is 2.15. The molecule has 1 aliphatic rings. The van der Waals surface area contributed by atoms with Gasteiger partial charge in [-0.2, -0.15) is 0 Å². The van der Waals surface area contributed by atoms with Crippen molar-refractivity contribution in [2.24, 2.45) is 4.99 Å². The van der Waals surface area contributed by atoms with Gasteiger partial charge in [0.1, 0.15) is 0 Å². The summed E-state index contributed by atoms with van der Waals surface area (Å²) in [4.78, 5) is 7.72. The van der Waals surface area contributed by atoms with E-state index in [0.717, 1.165) is 44.9 Å². The molecule has 0 bridgehead atoms. The monoisotopic (exact) mass is 328 g/mol. The summed E-state index contributed by atoms with van der Waals surface area (Å²) in [6.07, 6.45) is 6.78. The second-order valence-corrected chi connectivity index (χ2v) is 6.27. The van der Waals surface area contributed by atoms with Gasteiger partial charge in [0.2, 0.25) is 0 Å². The molecule has 1 atom stereocenters. The van der Waals surface area contributed by atoms with Crippen molar-refractivity contribution in [1.29, 1.82) is 0 Å². The number of para-hydroxylation sites is 1. The third-order valence-electron chi connectivity index (χ3n) is 4.70. The summed E-state index contributed by atoms with van der Waals surface area (Å²) in [7, 11) is 1.81. The number of rotatable bonds is 6. The number of hydrogen-bond acceptors (Lipinski definition) is 2. The summed E-state index contributed by atoms with van der Waals surface area (Å²) in [5.41, 5.74) is 4.00. The number of aromatic amines is 1. The molecule has 24 heavy (non-hydrogen) atoms. The number of aryl methyl sites for hydroxylation is 1. The average molecular weight is 328 g/mol. The topological polar surface area (TPSA) is 61.4 Å². The summed E-state index contributed by atoms with van der Waals surface area (Å²) in [5.74, 6) is 0.847. The molecule has 5 nitrogen and oxygen atoms in total. The number of H-pyrrole nitrogens is 1. The Morgan fingerprint density at radius 2 is 2.25 bits per heavy atom. The van der Waals surface area contributed by atoms with Crippen molar-refractivity contribution in [1.82, 2.24) is 15.6 Å². The lowest BCUT2D eigenvalue weighted by Gasteiger charge is -2.14. The van der Waals surface area contributed by atoms with Gasteiger partial charge in [0.15, 0.2) is 5.96 Å². The molecule has 0 radical (unpaired) electrons. The van der Waals surface area contributed by atoms with Gasteiger partial charge in [0.05, 0.1) is 6.10 Å². The van der Waals surface area contributed by atoms with Crippen LogP contribution in [-0.2, 0) is 17.6 Å². The van der Waals surface area contributed by atoms with Gasteiger partial charge in [-0.15, -0.1) is 0 Å². The van der Waals surface area contributed by atoms with Gasteiger partial charge in [-0.1, -0.05) is 25.1 Å². The molecule has 0 amide bonds. The molecule has 3 rings (SSSR count). The molecule has 1 saturated heterocycles. The molecule has 1 unspecified atom stereocenters. The van der Waals surface area contributed by atoms with E-state index in [1.807, 2.05) is 7.05 Å². The number of benzene rings is 1. The highest BCUT2D eigenvalue weighted by atomic mass is 16.5. The van der Waals surface area contributed by atoms with Gasteiger partial charge >= 0.3 is 0 Å². The van der Waals surface area contributed by atoms with Crippen molar-refractivity contribution in [2.75, 3.05) is 26.7 Å². The fraction of sp³-hybridized carbons (Fsp3) is 0.526. The fourth-order valence-corrected chi connectivity index (χ4v) is 3.33. The largest absolute Gasteiger partial charge is 0.376 e. The number of guanidine groups is 1. The van der Waals surface area contributed by atoms with Gasteiger partial charge in [-0.3, -0.25) is 4.99 Å². The molecule has 0 saturated carbocycles. The first kappa shape index (κ1) is 16.8. The predicted molar refractivity (Wildman–Crippen MR) is 99.7 cm³/mol. The zero-order chi connectivity index (χ0) is 16.8. The zero-order valence-electron chi connectivity index (χ0n) is 14.7. The Kier molecular flexibility index (Phi) is 5.75. The minimum absolute atomic E-state index is 0.324. The van der Waals surface area contributed by atoms with Gasteiger partial charge in [0.25, 0.3) is 0 Å². The lowest BCUT2D eigenvalue weighted by Crippen LogP contribution is -2.41. The summed E-state index contributed by atoms with van der Waals surface area (Å²) in [6, 6.07) is 6.54. The molecule has 2 aromatic rings. The predicted octanol–water partition coefficient (Wildman–Crippen LogP) is 2.62. The molecule has 0 aliphatic carbocycles. The molecule has 0 spiro atoms. The lowest BCUT2D eigenvalue weighted by atomic mass is 10.1. The Morgan fingerprint density at radius 3 is 3.00 bits per heavy atom. The zero-order valence-corrected chi connectivity index (χ0v) is 14.7. The summed E-state index contributed by atoms with van der Waals surface area (Å²) < 4.78 is 5.63. The fourth-order valence-electron chi connectivity index (χ4n) is 3.33. The van der Waals surface area contributed by atoms with Gasteiger partial charge in [-0.25, -0.2) is 0 Å². The lowest BCUT2D eigenvalue weighted by molar-refractivity contribution is 0.114. The van der Waals surface area contributed by atoms with Crippen LogP contribution in [0, 0.1) is 0 Å². The Bertz CT molecular complexity index is 686. The number of aromatic nitrogens is 1. The average Bonchev–Trinajstić information content (AvgIpc) is 3.27. The summed E-state index contributed by atoms with van der Waals surface area (Å²) in [5, 5.41) is 8.08. The van der Waals surface area contributed by atoms with E-state index in [-0.39, 0.29) is 0 Å². The van der Waals surface area contributed by atoms with E-state index >= 15 is 0 Å². The number of nitrogens with one attached hydrogen (secondary N) is 3. The minimum atomic E-state index is 0.324. The molecular formula is C19H28N4O. The van der Waals surface area contributed by atoms with Crippen LogP contribution in [0.5, 0.6) is 0 Å². The van der Waals surface area contributed by atoms with Crippen molar-refractivity contribution in [2.45, 2.75) is 38.7 Å². The van der Waals surface area contributed by atoms with Crippen LogP contribution in [0.4, 0.5) is 0 Å². The van der Waals surface area contributed by atoms with Crippen LogP contribution in [0.3, 0.4) is 0 Å².